The fraction of sp³-hybridized carbons (Fsp3) is 0.304. The number of amides is 3. The van der Waals surface area contributed by atoms with Gasteiger partial charge in [-0.3, -0.25) is 19.2 Å². The molecule has 2 aliphatic rings. The van der Waals surface area contributed by atoms with Gasteiger partial charge in [-0.2, -0.15) is 5.01 Å². The molecular weight excluding hydrogens is 423 g/mol. The van der Waals surface area contributed by atoms with Crippen molar-refractivity contribution < 1.29 is 23.6 Å². The molecule has 0 unspecified atom stereocenters. The number of rotatable bonds is 5. The first-order chi connectivity index (χ1) is 14.9. The van der Waals surface area contributed by atoms with E-state index in [9.17, 15) is 23.6 Å². The van der Waals surface area contributed by atoms with E-state index in [0.717, 1.165) is 35.0 Å². The maximum absolute atomic E-state index is 13.4. The number of hydrogen-bond acceptors (Lipinski definition) is 4. The number of hydrazine groups is 1. The molecule has 0 spiro atoms. The van der Waals surface area contributed by atoms with Crippen molar-refractivity contribution in [3.63, 3.8) is 0 Å². The van der Waals surface area contributed by atoms with Crippen molar-refractivity contribution >= 4 is 35.1 Å². The van der Waals surface area contributed by atoms with Gasteiger partial charge in [0.25, 0.3) is 17.7 Å². The standard InChI is InChI=1S/C23H20ClFN2O4/c24-19-8-4-3-7-18(19)21(29)26(13-20(28)14-9-11-15(25)12-10-14)27-22(30)16-5-1-2-6-17(16)23(27)31/h3-4,7-12,16-17H,1-2,5-6,13H2/t16-,17-/m0/s1. The van der Waals surface area contributed by atoms with Crippen molar-refractivity contribution in [1.82, 2.24) is 10.0 Å². The lowest BCUT2D eigenvalue weighted by Crippen LogP contribution is -2.52. The van der Waals surface area contributed by atoms with E-state index in [-0.39, 0.29) is 16.1 Å². The van der Waals surface area contributed by atoms with E-state index in [1.807, 2.05) is 0 Å². The van der Waals surface area contributed by atoms with Gasteiger partial charge in [0.2, 0.25) is 0 Å². The van der Waals surface area contributed by atoms with Crippen molar-refractivity contribution in [3.8, 4) is 0 Å². The molecule has 3 amide bonds. The number of halogens is 2. The molecule has 160 valence electrons. The molecule has 2 aromatic rings. The van der Waals surface area contributed by atoms with Crippen LogP contribution in [0.25, 0.3) is 0 Å². The summed E-state index contributed by atoms with van der Waals surface area (Å²) in [6.07, 6.45) is 2.82. The number of fused-ring (bicyclic) bond motifs is 1. The Hall–Kier alpha value is -3.06. The number of Topliss-reactive ketones (excluding diaryl/α,β-unsaturated/α-hetero) is 1. The molecule has 0 aromatic heterocycles. The van der Waals surface area contributed by atoms with Crippen molar-refractivity contribution in [1.29, 1.82) is 0 Å². The van der Waals surface area contributed by atoms with Gasteiger partial charge < -0.3 is 0 Å². The van der Waals surface area contributed by atoms with Gasteiger partial charge in [-0.25, -0.2) is 9.40 Å². The second-order valence-corrected chi connectivity index (χ2v) is 8.17. The Labute approximate surface area is 183 Å². The normalized spacial score (nSPS) is 20.5. The lowest BCUT2D eigenvalue weighted by Gasteiger charge is -2.30. The minimum atomic E-state index is -0.721. The molecular formula is C23H20ClFN2O4. The molecule has 0 N–H and O–H groups in total. The van der Waals surface area contributed by atoms with Gasteiger partial charge in [-0.05, 0) is 49.2 Å². The second-order valence-electron chi connectivity index (χ2n) is 7.76. The summed E-state index contributed by atoms with van der Waals surface area (Å²) in [5.74, 6) is -3.66. The molecule has 4 rings (SSSR count). The van der Waals surface area contributed by atoms with E-state index in [1.54, 1.807) is 12.1 Å². The lowest BCUT2D eigenvalue weighted by atomic mass is 9.81. The van der Waals surface area contributed by atoms with Crippen LogP contribution in [0.4, 0.5) is 4.39 Å². The molecule has 6 nitrogen and oxygen atoms in total. The number of hydrogen-bond donors (Lipinski definition) is 0. The number of carbonyl (C=O) groups excluding carboxylic acids is 4. The highest BCUT2D eigenvalue weighted by Gasteiger charge is 2.51. The number of ketones is 1. The molecule has 1 saturated heterocycles. The maximum atomic E-state index is 13.4. The van der Waals surface area contributed by atoms with Gasteiger partial charge in [0.05, 0.1) is 22.4 Å². The minimum absolute atomic E-state index is 0.0755. The van der Waals surface area contributed by atoms with Crippen LogP contribution in [0, 0.1) is 17.7 Å². The average Bonchev–Trinajstić information content (AvgIpc) is 3.03. The first-order valence-corrected chi connectivity index (χ1v) is 10.5. The monoisotopic (exact) mass is 442 g/mol. The molecule has 2 fully saturated rings. The lowest BCUT2D eigenvalue weighted by molar-refractivity contribution is -0.154. The zero-order chi connectivity index (χ0) is 22.1. The largest absolute Gasteiger partial charge is 0.292 e. The van der Waals surface area contributed by atoms with E-state index in [2.05, 4.69) is 0 Å². The third-order valence-corrected chi connectivity index (χ3v) is 6.19. The van der Waals surface area contributed by atoms with Gasteiger partial charge in [0, 0.05) is 5.56 Å². The van der Waals surface area contributed by atoms with E-state index in [0.29, 0.717) is 12.8 Å². The summed E-state index contributed by atoms with van der Waals surface area (Å²) in [5, 5.41) is 1.85. The zero-order valence-electron chi connectivity index (χ0n) is 16.6. The Morgan fingerprint density at radius 3 is 2.13 bits per heavy atom. The van der Waals surface area contributed by atoms with Crippen molar-refractivity contribution in [2.24, 2.45) is 11.8 Å². The summed E-state index contributed by atoms with van der Waals surface area (Å²) >= 11 is 6.17. The molecule has 2 aromatic carbocycles. The summed E-state index contributed by atoms with van der Waals surface area (Å²) in [5.41, 5.74) is 0.237. The molecule has 0 bridgehead atoms. The summed E-state index contributed by atoms with van der Waals surface area (Å²) in [7, 11) is 0. The van der Waals surface area contributed by atoms with E-state index >= 15 is 0 Å². The topological polar surface area (TPSA) is 74.8 Å². The molecule has 1 heterocycles. The van der Waals surface area contributed by atoms with Crippen LogP contribution in [0.15, 0.2) is 48.5 Å². The van der Waals surface area contributed by atoms with Gasteiger partial charge in [0.1, 0.15) is 12.4 Å². The number of imide groups is 1. The number of carbonyl (C=O) groups is 4. The first kappa shape index (κ1) is 21.2. The van der Waals surface area contributed by atoms with Gasteiger partial charge in [-0.15, -0.1) is 0 Å². The van der Waals surface area contributed by atoms with Crippen LogP contribution in [0.2, 0.25) is 5.02 Å². The van der Waals surface area contributed by atoms with E-state index in [1.165, 1.54) is 24.3 Å². The smallest absolute Gasteiger partial charge is 0.274 e. The quantitative estimate of drug-likeness (QED) is 0.520. The molecule has 1 saturated carbocycles. The Balaban J connectivity index is 1.70. The third-order valence-electron chi connectivity index (χ3n) is 5.86. The average molecular weight is 443 g/mol. The Bertz CT molecular complexity index is 1030. The minimum Gasteiger partial charge on any atom is -0.292 e. The van der Waals surface area contributed by atoms with Crippen LogP contribution < -0.4 is 0 Å². The molecule has 31 heavy (non-hydrogen) atoms. The van der Waals surface area contributed by atoms with Crippen LogP contribution in [-0.4, -0.2) is 40.1 Å². The number of nitrogens with zero attached hydrogens (tertiary/aromatic N) is 2. The summed E-state index contributed by atoms with van der Waals surface area (Å²) in [6.45, 7) is -0.549. The highest BCUT2D eigenvalue weighted by atomic mass is 35.5. The van der Waals surface area contributed by atoms with Crippen LogP contribution in [0.1, 0.15) is 46.4 Å². The van der Waals surface area contributed by atoms with Crippen molar-refractivity contribution in [2.75, 3.05) is 6.54 Å². The summed E-state index contributed by atoms with van der Waals surface area (Å²) in [4.78, 5) is 52.4. The fourth-order valence-corrected chi connectivity index (χ4v) is 4.47. The molecule has 1 aliphatic heterocycles. The van der Waals surface area contributed by atoms with Crippen LogP contribution in [-0.2, 0) is 9.59 Å². The zero-order valence-corrected chi connectivity index (χ0v) is 17.3. The van der Waals surface area contributed by atoms with Crippen LogP contribution >= 0.6 is 11.6 Å². The van der Waals surface area contributed by atoms with E-state index < -0.39 is 47.7 Å². The molecule has 2 atom stereocenters. The highest BCUT2D eigenvalue weighted by Crippen LogP contribution is 2.39. The van der Waals surface area contributed by atoms with Crippen molar-refractivity contribution in [2.45, 2.75) is 25.7 Å². The van der Waals surface area contributed by atoms with Crippen LogP contribution in [0.3, 0.4) is 0 Å². The Morgan fingerprint density at radius 1 is 0.968 bits per heavy atom. The van der Waals surface area contributed by atoms with Gasteiger partial charge in [0.15, 0.2) is 5.78 Å². The molecule has 0 radical (unpaired) electrons. The molecule has 8 heteroatoms. The van der Waals surface area contributed by atoms with Crippen LogP contribution in [0.5, 0.6) is 0 Å². The Morgan fingerprint density at radius 2 is 1.55 bits per heavy atom. The maximum Gasteiger partial charge on any atom is 0.274 e. The molecule has 1 aliphatic carbocycles. The third kappa shape index (κ3) is 3.97. The summed E-state index contributed by atoms with van der Waals surface area (Å²) < 4.78 is 13.2. The van der Waals surface area contributed by atoms with Crippen molar-refractivity contribution in [3.05, 3.63) is 70.5 Å². The fourth-order valence-electron chi connectivity index (χ4n) is 4.25. The predicted molar refractivity (Wildman–Crippen MR) is 111 cm³/mol. The predicted octanol–water partition coefficient (Wildman–Crippen LogP) is 3.89. The number of benzene rings is 2. The Kier molecular flexibility index (Phi) is 5.87. The first-order valence-electron chi connectivity index (χ1n) is 10.1. The van der Waals surface area contributed by atoms with Gasteiger partial charge in [-0.1, -0.05) is 36.6 Å². The van der Waals surface area contributed by atoms with Gasteiger partial charge >= 0.3 is 0 Å². The summed E-state index contributed by atoms with van der Waals surface area (Å²) in [6, 6.07) is 11.1. The van der Waals surface area contributed by atoms with E-state index in [4.69, 9.17) is 11.6 Å². The highest BCUT2D eigenvalue weighted by molar-refractivity contribution is 6.34. The second kappa shape index (κ2) is 8.59. The SMILES string of the molecule is O=C(CN(C(=O)c1ccccc1Cl)N1C(=O)[C@H]2CCCC[C@@H]2C1=O)c1ccc(F)cc1.